The lowest BCUT2D eigenvalue weighted by Crippen LogP contribution is -2.39. The van der Waals surface area contributed by atoms with E-state index in [1.165, 1.54) is 25.7 Å². The molecule has 4 heteroatoms. The van der Waals surface area contributed by atoms with Crippen LogP contribution >= 0.6 is 0 Å². The summed E-state index contributed by atoms with van der Waals surface area (Å²) in [7, 11) is 0. The fraction of sp³-hybridized carbons (Fsp3) is 0.667. The molecule has 0 bridgehead atoms. The summed E-state index contributed by atoms with van der Waals surface area (Å²) in [6, 6.07) is 3.43. The molecule has 2 fully saturated rings. The van der Waals surface area contributed by atoms with Crippen molar-refractivity contribution in [3.63, 3.8) is 0 Å². The molecule has 1 N–H and O–H groups in total. The van der Waals surface area contributed by atoms with Crippen molar-refractivity contribution in [2.75, 3.05) is 18.0 Å². The lowest BCUT2D eigenvalue weighted by molar-refractivity contribution is 0.568. The summed E-state index contributed by atoms with van der Waals surface area (Å²) >= 11 is 0. The van der Waals surface area contributed by atoms with Crippen LogP contribution in [-0.4, -0.2) is 35.1 Å². The minimum absolute atomic E-state index is 0.621. The van der Waals surface area contributed by atoms with E-state index < -0.39 is 0 Å². The third kappa shape index (κ3) is 2.16. The van der Waals surface area contributed by atoms with Crippen LogP contribution in [0, 0.1) is 0 Å². The molecule has 0 amide bonds. The molecule has 3 rings (SSSR count). The average Bonchev–Trinajstić information content (AvgIpc) is 3.05. The number of rotatable bonds is 4. The Hall–Kier alpha value is -1.16. The van der Waals surface area contributed by atoms with Gasteiger partial charge in [0.05, 0.1) is 0 Å². The zero-order valence-electron chi connectivity index (χ0n) is 9.47. The molecular weight excluding hydrogens is 200 g/mol. The molecule has 1 aliphatic carbocycles. The molecule has 0 aromatic carbocycles. The Morgan fingerprint density at radius 1 is 1.38 bits per heavy atom. The van der Waals surface area contributed by atoms with Crippen molar-refractivity contribution in [3.8, 4) is 0 Å². The normalized spacial score (nSPS) is 25.0. The molecule has 1 saturated heterocycles. The maximum atomic E-state index is 4.34. The molecule has 4 nitrogen and oxygen atoms in total. The number of hydrogen-bond acceptors (Lipinski definition) is 4. The monoisotopic (exact) mass is 218 g/mol. The second-order valence-electron chi connectivity index (χ2n) is 4.74. The Bertz CT molecular complexity index is 336. The Labute approximate surface area is 96.1 Å². The van der Waals surface area contributed by atoms with Gasteiger partial charge >= 0.3 is 0 Å². The van der Waals surface area contributed by atoms with Crippen LogP contribution in [0.1, 0.15) is 25.7 Å². The van der Waals surface area contributed by atoms with Gasteiger partial charge in [0.1, 0.15) is 12.1 Å². The van der Waals surface area contributed by atoms with E-state index >= 15 is 0 Å². The quantitative estimate of drug-likeness (QED) is 0.824. The first-order chi connectivity index (χ1) is 7.93. The van der Waals surface area contributed by atoms with E-state index in [0.717, 1.165) is 24.9 Å². The molecule has 86 valence electrons. The van der Waals surface area contributed by atoms with E-state index in [1.807, 2.05) is 12.3 Å². The van der Waals surface area contributed by atoms with Crippen molar-refractivity contribution < 1.29 is 0 Å². The van der Waals surface area contributed by atoms with Crippen molar-refractivity contribution in [1.29, 1.82) is 0 Å². The lowest BCUT2D eigenvalue weighted by atomic mass is 10.2. The summed E-state index contributed by atoms with van der Waals surface area (Å²) in [6.45, 7) is 2.24. The van der Waals surface area contributed by atoms with Crippen LogP contribution in [0.3, 0.4) is 0 Å². The minimum Gasteiger partial charge on any atom is -0.352 e. The fourth-order valence-corrected chi connectivity index (χ4v) is 2.39. The average molecular weight is 218 g/mol. The van der Waals surface area contributed by atoms with Crippen LogP contribution in [0.4, 0.5) is 5.82 Å². The fourth-order valence-electron chi connectivity index (χ4n) is 2.39. The van der Waals surface area contributed by atoms with E-state index in [4.69, 9.17) is 0 Å². The van der Waals surface area contributed by atoms with Crippen LogP contribution in [0.25, 0.3) is 0 Å². The molecule has 1 atom stereocenters. The second-order valence-corrected chi connectivity index (χ2v) is 4.74. The van der Waals surface area contributed by atoms with Gasteiger partial charge in [-0.25, -0.2) is 9.97 Å². The molecule has 1 aromatic rings. The third-order valence-electron chi connectivity index (χ3n) is 3.46. The zero-order chi connectivity index (χ0) is 10.8. The number of nitrogens with zero attached hydrogens (tertiary/aromatic N) is 3. The summed E-state index contributed by atoms with van der Waals surface area (Å²) in [4.78, 5) is 10.7. The Kier molecular flexibility index (Phi) is 2.74. The molecule has 16 heavy (non-hydrogen) atoms. The van der Waals surface area contributed by atoms with Gasteiger partial charge in [0, 0.05) is 31.4 Å². The van der Waals surface area contributed by atoms with E-state index in [9.17, 15) is 0 Å². The van der Waals surface area contributed by atoms with Crippen molar-refractivity contribution in [1.82, 2.24) is 15.3 Å². The van der Waals surface area contributed by atoms with E-state index in [2.05, 4.69) is 20.2 Å². The molecule has 2 heterocycles. The summed E-state index contributed by atoms with van der Waals surface area (Å²) in [5, 5.41) is 3.61. The van der Waals surface area contributed by atoms with Gasteiger partial charge < -0.3 is 10.2 Å². The number of nitrogens with one attached hydrogen (secondary N) is 1. The lowest BCUT2D eigenvalue weighted by Gasteiger charge is -2.25. The number of hydrogen-bond donors (Lipinski definition) is 1. The first-order valence-corrected chi connectivity index (χ1v) is 6.19. The zero-order valence-corrected chi connectivity index (χ0v) is 9.47. The Balaban J connectivity index is 1.63. The van der Waals surface area contributed by atoms with Crippen molar-refractivity contribution in [2.45, 2.75) is 37.8 Å². The predicted octanol–water partition coefficient (Wildman–Crippen LogP) is 1.20. The molecule has 1 aromatic heterocycles. The molecule has 0 spiro atoms. The molecular formula is C12H18N4. The topological polar surface area (TPSA) is 41.0 Å². The standard InChI is InChI=1S/C12H18N4/c1-2-11(8-14-10-3-4-10)16(7-1)12-5-6-13-9-15-12/h5-6,9-11,14H,1-4,7-8H2. The number of aromatic nitrogens is 2. The van der Waals surface area contributed by atoms with Gasteiger partial charge in [-0.15, -0.1) is 0 Å². The van der Waals surface area contributed by atoms with Crippen LogP contribution in [0.2, 0.25) is 0 Å². The molecule has 1 aliphatic heterocycles. The molecule has 1 saturated carbocycles. The Morgan fingerprint density at radius 3 is 3.06 bits per heavy atom. The van der Waals surface area contributed by atoms with Gasteiger partial charge in [-0.3, -0.25) is 0 Å². The molecule has 2 aliphatic rings. The highest BCUT2D eigenvalue weighted by molar-refractivity contribution is 5.39. The Morgan fingerprint density at radius 2 is 2.31 bits per heavy atom. The first-order valence-electron chi connectivity index (χ1n) is 6.19. The smallest absolute Gasteiger partial charge is 0.132 e. The van der Waals surface area contributed by atoms with Gasteiger partial charge in [0.2, 0.25) is 0 Å². The van der Waals surface area contributed by atoms with Crippen molar-refractivity contribution >= 4 is 5.82 Å². The third-order valence-corrected chi connectivity index (χ3v) is 3.46. The van der Waals surface area contributed by atoms with Crippen molar-refractivity contribution in [3.05, 3.63) is 18.6 Å². The van der Waals surface area contributed by atoms with E-state index in [0.29, 0.717) is 6.04 Å². The molecule has 0 radical (unpaired) electrons. The molecule has 1 unspecified atom stereocenters. The van der Waals surface area contributed by atoms with Gasteiger partial charge in [0.25, 0.3) is 0 Å². The highest BCUT2D eigenvalue weighted by Crippen LogP contribution is 2.24. The SMILES string of the molecule is c1cc(N2CCCC2CNC2CC2)ncn1. The van der Waals surface area contributed by atoms with Gasteiger partial charge in [-0.1, -0.05) is 0 Å². The second kappa shape index (κ2) is 4.37. The highest BCUT2D eigenvalue weighted by Gasteiger charge is 2.28. The summed E-state index contributed by atoms with van der Waals surface area (Å²) < 4.78 is 0. The largest absolute Gasteiger partial charge is 0.352 e. The predicted molar refractivity (Wildman–Crippen MR) is 63.4 cm³/mol. The summed E-state index contributed by atoms with van der Waals surface area (Å²) in [5.41, 5.74) is 0. The van der Waals surface area contributed by atoms with Gasteiger partial charge in [-0.05, 0) is 31.7 Å². The van der Waals surface area contributed by atoms with E-state index in [1.54, 1.807) is 6.33 Å². The minimum atomic E-state index is 0.621. The highest BCUT2D eigenvalue weighted by atomic mass is 15.2. The van der Waals surface area contributed by atoms with Gasteiger partial charge in [-0.2, -0.15) is 0 Å². The van der Waals surface area contributed by atoms with Crippen LogP contribution in [0.5, 0.6) is 0 Å². The van der Waals surface area contributed by atoms with Crippen molar-refractivity contribution in [2.24, 2.45) is 0 Å². The van der Waals surface area contributed by atoms with Crippen LogP contribution < -0.4 is 10.2 Å². The maximum absolute atomic E-state index is 4.34. The maximum Gasteiger partial charge on any atom is 0.132 e. The van der Waals surface area contributed by atoms with E-state index in [-0.39, 0.29) is 0 Å². The van der Waals surface area contributed by atoms with Crippen LogP contribution in [0.15, 0.2) is 18.6 Å². The first kappa shape index (κ1) is 10.0. The van der Waals surface area contributed by atoms with Gasteiger partial charge in [0.15, 0.2) is 0 Å². The number of anilines is 1. The summed E-state index contributed by atoms with van der Waals surface area (Å²) in [5.74, 6) is 1.08. The van der Waals surface area contributed by atoms with Crippen LogP contribution in [-0.2, 0) is 0 Å². The summed E-state index contributed by atoms with van der Waals surface area (Å²) in [6.07, 6.45) is 8.75.